The first kappa shape index (κ1) is 12.0. The highest BCUT2D eigenvalue weighted by atomic mass is 16.5. The molecular formula is C14H18O3. The molecular weight excluding hydrogens is 216 g/mol. The first-order valence-corrected chi connectivity index (χ1v) is 6.08. The van der Waals surface area contributed by atoms with E-state index in [0.717, 1.165) is 17.5 Å². The Morgan fingerprint density at radius 3 is 2.71 bits per heavy atom. The van der Waals surface area contributed by atoms with E-state index >= 15 is 0 Å². The zero-order valence-electron chi connectivity index (χ0n) is 10.3. The Balaban J connectivity index is 2.36. The lowest BCUT2D eigenvalue weighted by atomic mass is 9.96. The molecule has 0 spiro atoms. The molecule has 1 fully saturated rings. The summed E-state index contributed by atoms with van der Waals surface area (Å²) in [6.07, 6.45) is 3.34. The van der Waals surface area contributed by atoms with Crippen LogP contribution in [-0.4, -0.2) is 11.6 Å². The van der Waals surface area contributed by atoms with E-state index in [4.69, 9.17) is 4.74 Å². The van der Waals surface area contributed by atoms with Gasteiger partial charge in [0.2, 0.25) is 0 Å². The third-order valence-corrected chi connectivity index (χ3v) is 3.20. The van der Waals surface area contributed by atoms with Crippen molar-refractivity contribution in [2.45, 2.75) is 39.0 Å². The number of hydrogen-bond donors (Lipinski definition) is 1. The number of phenols is 1. The predicted octanol–water partition coefficient (Wildman–Crippen LogP) is 3.00. The molecule has 3 heteroatoms. The minimum atomic E-state index is 0.211. The average molecular weight is 234 g/mol. The molecule has 1 aliphatic rings. The maximum Gasteiger partial charge on any atom is 0.298 e. The van der Waals surface area contributed by atoms with Crippen molar-refractivity contribution in [1.29, 1.82) is 0 Å². The van der Waals surface area contributed by atoms with Crippen molar-refractivity contribution < 1.29 is 14.6 Å². The molecule has 2 rings (SSSR count). The number of carbonyl (C=O) groups excluding carboxylic acids is 1. The van der Waals surface area contributed by atoms with Crippen LogP contribution in [0.2, 0.25) is 0 Å². The van der Waals surface area contributed by atoms with Crippen molar-refractivity contribution in [3.63, 3.8) is 0 Å². The minimum absolute atomic E-state index is 0.211. The van der Waals surface area contributed by atoms with E-state index < -0.39 is 0 Å². The molecule has 1 aromatic carbocycles. The summed E-state index contributed by atoms with van der Waals surface area (Å²) in [5.41, 5.74) is 1.75. The third-order valence-electron chi connectivity index (χ3n) is 3.20. The van der Waals surface area contributed by atoms with Crippen LogP contribution in [0.3, 0.4) is 0 Å². The lowest BCUT2D eigenvalue weighted by molar-refractivity contribution is -0.120. The second-order valence-corrected chi connectivity index (χ2v) is 5.04. The van der Waals surface area contributed by atoms with Gasteiger partial charge >= 0.3 is 0 Å². The fourth-order valence-corrected chi connectivity index (χ4v) is 2.04. The lowest BCUT2D eigenvalue weighted by Gasteiger charge is -2.14. The first-order valence-electron chi connectivity index (χ1n) is 6.08. The summed E-state index contributed by atoms with van der Waals surface area (Å²) in [4.78, 5) is 10.4. The highest BCUT2D eigenvalue weighted by Gasteiger charge is 2.24. The van der Waals surface area contributed by atoms with Crippen LogP contribution in [0.15, 0.2) is 12.1 Å². The average Bonchev–Trinajstić information content (AvgIpc) is 3.06. The van der Waals surface area contributed by atoms with Gasteiger partial charge in [-0.3, -0.25) is 4.79 Å². The minimum Gasteiger partial charge on any atom is -0.507 e. The zero-order valence-corrected chi connectivity index (χ0v) is 10.3. The Kier molecular flexibility index (Phi) is 3.36. The summed E-state index contributed by atoms with van der Waals surface area (Å²) >= 11 is 0. The quantitative estimate of drug-likeness (QED) is 0.797. The van der Waals surface area contributed by atoms with Crippen molar-refractivity contribution in [2.75, 3.05) is 0 Å². The summed E-state index contributed by atoms with van der Waals surface area (Å²) < 4.78 is 4.90. The fourth-order valence-electron chi connectivity index (χ4n) is 2.04. The summed E-state index contributed by atoms with van der Waals surface area (Å²) in [6, 6.07) is 3.51. The molecule has 0 amide bonds. The molecule has 0 unspecified atom stereocenters. The number of hydrogen-bond acceptors (Lipinski definition) is 3. The van der Waals surface area contributed by atoms with Crippen LogP contribution < -0.4 is 4.74 Å². The molecule has 0 aromatic heterocycles. The SMILES string of the molecule is CC(C)c1cc(OC=O)cc(CC2CC2)c1O. The Bertz CT molecular complexity index is 420. The van der Waals surface area contributed by atoms with Gasteiger partial charge in [-0.2, -0.15) is 0 Å². The van der Waals surface area contributed by atoms with E-state index in [2.05, 4.69) is 0 Å². The van der Waals surface area contributed by atoms with Gasteiger partial charge in [0, 0.05) is 5.56 Å². The predicted molar refractivity (Wildman–Crippen MR) is 65.3 cm³/mol. The summed E-state index contributed by atoms with van der Waals surface area (Å²) in [5.74, 6) is 1.79. The van der Waals surface area contributed by atoms with Crippen molar-refractivity contribution in [2.24, 2.45) is 5.92 Å². The van der Waals surface area contributed by atoms with Gasteiger partial charge in [-0.1, -0.05) is 13.8 Å². The normalized spacial score (nSPS) is 15.0. The van der Waals surface area contributed by atoms with Gasteiger partial charge in [-0.15, -0.1) is 0 Å². The summed E-state index contributed by atoms with van der Waals surface area (Å²) in [6.45, 7) is 4.46. The molecule has 1 N–H and O–H groups in total. The second kappa shape index (κ2) is 4.78. The van der Waals surface area contributed by atoms with Crippen LogP contribution in [0.25, 0.3) is 0 Å². The topological polar surface area (TPSA) is 46.5 Å². The maximum atomic E-state index is 10.4. The van der Waals surface area contributed by atoms with Gasteiger partial charge < -0.3 is 9.84 Å². The maximum absolute atomic E-state index is 10.4. The van der Waals surface area contributed by atoms with Gasteiger partial charge in [0.1, 0.15) is 11.5 Å². The monoisotopic (exact) mass is 234 g/mol. The number of aromatic hydroxyl groups is 1. The Hall–Kier alpha value is -1.51. The Morgan fingerprint density at radius 2 is 2.18 bits per heavy atom. The fraction of sp³-hybridized carbons (Fsp3) is 0.500. The summed E-state index contributed by atoms with van der Waals surface area (Å²) in [7, 11) is 0. The molecule has 0 saturated heterocycles. The molecule has 17 heavy (non-hydrogen) atoms. The van der Waals surface area contributed by atoms with Crippen LogP contribution in [0, 0.1) is 5.92 Å². The summed E-state index contributed by atoms with van der Waals surface area (Å²) in [5, 5.41) is 10.2. The molecule has 0 radical (unpaired) electrons. The number of benzene rings is 1. The standard InChI is InChI=1S/C14H18O3/c1-9(2)13-7-12(17-8-15)6-11(14(13)16)5-10-3-4-10/h6-10,16H,3-5H2,1-2H3. The van der Waals surface area contributed by atoms with Crippen LogP contribution in [-0.2, 0) is 11.2 Å². The molecule has 3 nitrogen and oxygen atoms in total. The molecule has 92 valence electrons. The first-order chi connectivity index (χ1) is 8.11. The highest BCUT2D eigenvalue weighted by Crippen LogP contribution is 2.39. The van der Waals surface area contributed by atoms with Gasteiger partial charge in [0.25, 0.3) is 6.47 Å². The molecule has 0 heterocycles. The van der Waals surface area contributed by atoms with Gasteiger partial charge in [0.05, 0.1) is 0 Å². The molecule has 1 aliphatic carbocycles. The molecule has 0 aliphatic heterocycles. The van der Waals surface area contributed by atoms with Gasteiger partial charge in [0.15, 0.2) is 0 Å². The van der Waals surface area contributed by atoms with Crippen LogP contribution in [0.1, 0.15) is 43.7 Å². The number of rotatable bonds is 5. The molecule has 0 bridgehead atoms. The van der Waals surface area contributed by atoms with E-state index in [0.29, 0.717) is 23.9 Å². The van der Waals surface area contributed by atoms with Gasteiger partial charge in [-0.05, 0) is 48.8 Å². The third kappa shape index (κ3) is 2.78. The van der Waals surface area contributed by atoms with Crippen LogP contribution >= 0.6 is 0 Å². The van der Waals surface area contributed by atoms with Crippen molar-refractivity contribution in [3.05, 3.63) is 23.3 Å². The van der Waals surface area contributed by atoms with E-state index in [9.17, 15) is 9.90 Å². The van der Waals surface area contributed by atoms with Crippen molar-refractivity contribution in [3.8, 4) is 11.5 Å². The van der Waals surface area contributed by atoms with Crippen LogP contribution in [0.4, 0.5) is 0 Å². The molecule has 0 atom stereocenters. The lowest BCUT2D eigenvalue weighted by Crippen LogP contribution is -1.98. The van der Waals surface area contributed by atoms with E-state index in [-0.39, 0.29) is 5.92 Å². The van der Waals surface area contributed by atoms with Crippen molar-refractivity contribution >= 4 is 6.47 Å². The van der Waals surface area contributed by atoms with E-state index in [1.807, 2.05) is 13.8 Å². The van der Waals surface area contributed by atoms with Crippen LogP contribution in [0.5, 0.6) is 11.5 Å². The zero-order chi connectivity index (χ0) is 12.4. The second-order valence-electron chi connectivity index (χ2n) is 5.04. The van der Waals surface area contributed by atoms with Gasteiger partial charge in [-0.25, -0.2) is 0 Å². The molecule has 1 aromatic rings. The number of phenolic OH excluding ortho intramolecular Hbond substituents is 1. The highest BCUT2D eigenvalue weighted by molar-refractivity contribution is 5.52. The smallest absolute Gasteiger partial charge is 0.298 e. The molecule has 1 saturated carbocycles. The van der Waals surface area contributed by atoms with E-state index in [1.54, 1.807) is 12.1 Å². The van der Waals surface area contributed by atoms with E-state index in [1.165, 1.54) is 12.8 Å². The Morgan fingerprint density at radius 1 is 1.47 bits per heavy atom. The Labute approximate surface area is 101 Å². The van der Waals surface area contributed by atoms with Crippen molar-refractivity contribution in [1.82, 2.24) is 0 Å². The number of ether oxygens (including phenoxy) is 1. The number of carbonyl (C=O) groups is 1. The largest absolute Gasteiger partial charge is 0.507 e.